The van der Waals surface area contributed by atoms with Crippen molar-refractivity contribution in [2.45, 2.75) is 39.8 Å². The summed E-state index contributed by atoms with van der Waals surface area (Å²) in [6.07, 6.45) is 1.97. The highest BCUT2D eigenvalue weighted by atomic mass is 16.3. The quantitative estimate of drug-likeness (QED) is 0.455. The normalized spacial score (nSPS) is 11.8. The van der Waals surface area contributed by atoms with Crippen LogP contribution in [0.1, 0.15) is 54.9 Å². The number of amides is 2. The number of carbonyl (C=O) groups excluding carboxylic acids is 2. The van der Waals surface area contributed by atoms with E-state index in [-0.39, 0.29) is 23.8 Å². The molecule has 0 aliphatic carbocycles. The van der Waals surface area contributed by atoms with Crippen LogP contribution >= 0.6 is 0 Å². The molecule has 1 N–H and O–H groups in total. The van der Waals surface area contributed by atoms with Crippen LogP contribution < -0.4 is 10.2 Å². The molecule has 1 atom stereocenters. The molecule has 6 heteroatoms. The topological polar surface area (TPSA) is 65.8 Å². The van der Waals surface area contributed by atoms with Gasteiger partial charge in [0.05, 0.1) is 12.3 Å². The molecule has 33 heavy (non-hydrogen) atoms. The molecule has 2 aromatic carbocycles. The largest absolute Gasteiger partial charge is 0.459 e. The maximum atomic E-state index is 13.4. The first-order valence-corrected chi connectivity index (χ1v) is 11.3. The Morgan fingerprint density at radius 1 is 0.970 bits per heavy atom. The summed E-state index contributed by atoms with van der Waals surface area (Å²) < 4.78 is 5.43. The smallest absolute Gasteiger partial charge is 0.290 e. The van der Waals surface area contributed by atoms with Crippen molar-refractivity contribution in [1.29, 1.82) is 0 Å². The van der Waals surface area contributed by atoms with E-state index in [2.05, 4.69) is 5.32 Å². The SMILES string of the molecule is CC(C)CC(=O)Nc1ccc(N(C)C)c(CN(C(=O)c2ccco2)[C@@H](C)c2ccccc2)c1. The number of rotatable bonds is 9. The number of carbonyl (C=O) groups is 2. The van der Waals surface area contributed by atoms with Gasteiger partial charge in [0, 0.05) is 38.4 Å². The van der Waals surface area contributed by atoms with Gasteiger partial charge in [-0.2, -0.15) is 0 Å². The fraction of sp³-hybridized carbons (Fsp3) is 0.333. The zero-order valence-electron chi connectivity index (χ0n) is 20.0. The van der Waals surface area contributed by atoms with Gasteiger partial charge in [0.15, 0.2) is 5.76 Å². The summed E-state index contributed by atoms with van der Waals surface area (Å²) in [5, 5.41) is 2.99. The molecule has 3 aromatic rings. The molecule has 6 nitrogen and oxygen atoms in total. The van der Waals surface area contributed by atoms with Gasteiger partial charge in [0.25, 0.3) is 5.91 Å². The predicted molar refractivity (Wildman–Crippen MR) is 132 cm³/mol. The predicted octanol–water partition coefficient (Wildman–Crippen LogP) is 5.73. The van der Waals surface area contributed by atoms with E-state index in [4.69, 9.17) is 4.42 Å². The second-order valence-corrected chi connectivity index (χ2v) is 8.88. The number of nitrogens with zero attached hydrogens (tertiary/aromatic N) is 2. The molecule has 0 fully saturated rings. The Morgan fingerprint density at radius 3 is 2.30 bits per heavy atom. The molecule has 0 aliphatic heterocycles. The zero-order valence-corrected chi connectivity index (χ0v) is 20.0. The van der Waals surface area contributed by atoms with E-state index >= 15 is 0 Å². The summed E-state index contributed by atoms with van der Waals surface area (Å²) in [6, 6.07) is 19.0. The van der Waals surface area contributed by atoms with E-state index in [1.54, 1.807) is 17.0 Å². The Kier molecular flexibility index (Phi) is 7.93. The zero-order chi connectivity index (χ0) is 24.0. The second kappa shape index (κ2) is 10.9. The first-order chi connectivity index (χ1) is 15.8. The lowest BCUT2D eigenvalue weighted by atomic mass is 10.0. The van der Waals surface area contributed by atoms with E-state index in [1.807, 2.05) is 88.3 Å². The van der Waals surface area contributed by atoms with Crippen LogP contribution in [0, 0.1) is 5.92 Å². The first-order valence-electron chi connectivity index (χ1n) is 11.3. The third-order valence-electron chi connectivity index (χ3n) is 5.52. The molecule has 0 radical (unpaired) electrons. The van der Waals surface area contributed by atoms with Gasteiger partial charge in [-0.25, -0.2) is 0 Å². The molecule has 0 saturated heterocycles. The fourth-order valence-electron chi connectivity index (χ4n) is 3.83. The van der Waals surface area contributed by atoms with Crippen molar-refractivity contribution in [1.82, 2.24) is 4.90 Å². The molecule has 0 unspecified atom stereocenters. The average molecular weight is 448 g/mol. The molecule has 3 rings (SSSR count). The van der Waals surface area contributed by atoms with E-state index < -0.39 is 0 Å². The van der Waals surface area contributed by atoms with E-state index in [0.29, 0.717) is 18.7 Å². The van der Waals surface area contributed by atoms with Crippen molar-refractivity contribution < 1.29 is 14.0 Å². The summed E-state index contributed by atoms with van der Waals surface area (Å²) in [6.45, 7) is 6.41. The molecule has 0 aliphatic rings. The van der Waals surface area contributed by atoms with Crippen molar-refractivity contribution in [3.05, 3.63) is 83.8 Å². The van der Waals surface area contributed by atoms with Crippen LogP contribution in [0.25, 0.3) is 0 Å². The van der Waals surface area contributed by atoms with Crippen molar-refractivity contribution >= 4 is 23.2 Å². The number of furan rings is 1. The summed E-state index contributed by atoms with van der Waals surface area (Å²) in [4.78, 5) is 29.6. The lowest BCUT2D eigenvalue weighted by Gasteiger charge is -2.31. The highest BCUT2D eigenvalue weighted by Gasteiger charge is 2.26. The van der Waals surface area contributed by atoms with Gasteiger partial charge in [-0.3, -0.25) is 9.59 Å². The average Bonchev–Trinajstić information content (AvgIpc) is 3.31. The number of hydrogen-bond donors (Lipinski definition) is 1. The fourth-order valence-corrected chi connectivity index (χ4v) is 3.83. The maximum Gasteiger partial charge on any atom is 0.290 e. The Bertz CT molecular complexity index is 1060. The summed E-state index contributed by atoms with van der Waals surface area (Å²) >= 11 is 0. The van der Waals surface area contributed by atoms with Gasteiger partial charge >= 0.3 is 0 Å². The highest BCUT2D eigenvalue weighted by molar-refractivity contribution is 5.92. The molecule has 0 bridgehead atoms. The van der Waals surface area contributed by atoms with Crippen LogP contribution in [0.2, 0.25) is 0 Å². The van der Waals surface area contributed by atoms with Crippen LogP contribution in [-0.4, -0.2) is 30.8 Å². The second-order valence-electron chi connectivity index (χ2n) is 8.88. The van der Waals surface area contributed by atoms with Gasteiger partial charge in [-0.1, -0.05) is 44.2 Å². The molecule has 0 spiro atoms. The maximum absolute atomic E-state index is 13.4. The molecule has 1 heterocycles. The minimum atomic E-state index is -0.185. The van der Waals surface area contributed by atoms with Crippen molar-refractivity contribution in [3.8, 4) is 0 Å². The van der Waals surface area contributed by atoms with Gasteiger partial charge in [-0.15, -0.1) is 0 Å². The van der Waals surface area contributed by atoms with Crippen LogP contribution in [0.3, 0.4) is 0 Å². The molecular formula is C27H33N3O3. The molecule has 1 aromatic heterocycles. The standard InChI is InChI=1S/C27H33N3O3/c1-19(2)16-26(31)28-23-13-14-24(29(4)5)22(17-23)18-30(27(32)25-12-9-15-33-25)20(3)21-10-7-6-8-11-21/h6-15,17,19-20H,16,18H2,1-5H3,(H,28,31)/t20-/m0/s1. The number of anilines is 2. The van der Waals surface area contributed by atoms with Crippen LogP contribution in [-0.2, 0) is 11.3 Å². The van der Waals surface area contributed by atoms with Crippen LogP contribution in [0.5, 0.6) is 0 Å². The Balaban J connectivity index is 1.97. The third-order valence-corrected chi connectivity index (χ3v) is 5.52. The van der Waals surface area contributed by atoms with Gasteiger partial charge in [0.1, 0.15) is 0 Å². The van der Waals surface area contributed by atoms with Crippen molar-refractivity contribution in [2.24, 2.45) is 5.92 Å². The first kappa shape index (κ1) is 24.1. The summed E-state index contributed by atoms with van der Waals surface area (Å²) in [7, 11) is 3.93. The molecule has 174 valence electrons. The van der Waals surface area contributed by atoms with Crippen molar-refractivity contribution in [2.75, 3.05) is 24.3 Å². The number of benzene rings is 2. The van der Waals surface area contributed by atoms with Gasteiger partial charge in [0.2, 0.25) is 5.91 Å². The number of nitrogens with one attached hydrogen (secondary N) is 1. The van der Waals surface area contributed by atoms with Crippen LogP contribution in [0.4, 0.5) is 11.4 Å². The number of hydrogen-bond acceptors (Lipinski definition) is 4. The third kappa shape index (κ3) is 6.25. The minimum Gasteiger partial charge on any atom is -0.459 e. The minimum absolute atomic E-state index is 0.0188. The van der Waals surface area contributed by atoms with Crippen LogP contribution in [0.15, 0.2) is 71.3 Å². The molecule has 2 amide bonds. The Labute approximate surface area is 196 Å². The Hall–Kier alpha value is -3.54. The van der Waals surface area contributed by atoms with Crippen molar-refractivity contribution in [3.63, 3.8) is 0 Å². The van der Waals surface area contributed by atoms with Gasteiger partial charge in [-0.05, 0) is 54.3 Å². The lowest BCUT2D eigenvalue weighted by molar-refractivity contribution is -0.116. The van der Waals surface area contributed by atoms with E-state index in [1.165, 1.54) is 6.26 Å². The lowest BCUT2D eigenvalue weighted by Crippen LogP contribution is -2.33. The molecule has 0 saturated carbocycles. The van der Waals surface area contributed by atoms with Gasteiger partial charge < -0.3 is 19.5 Å². The van der Waals surface area contributed by atoms with E-state index in [0.717, 1.165) is 22.5 Å². The molecular weight excluding hydrogens is 414 g/mol. The summed E-state index contributed by atoms with van der Waals surface area (Å²) in [5.74, 6) is 0.370. The summed E-state index contributed by atoms with van der Waals surface area (Å²) in [5.41, 5.74) is 3.67. The Morgan fingerprint density at radius 2 is 1.70 bits per heavy atom. The highest BCUT2D eigenvalue weighted by Crippen LogP contribution is 2.30. The monoisotopic (exact) mass is 447 g/mol. The van der Waals surface area contributed by atoms with E-state index in [9.17, 15) is 9.59 Å².